The maximum Gasteiger partial charge on any atom is 0.254 e. The number of amides is 1. The number of carbonyl (C=O) groups is 1. The van der Waals surface area contributed by atoms with E-state index in [1.165, 1.54) is 0 Å². The van der Waals surface area contributed by atoms with Crippen LogP contribution in [0.5, 0.6) is 0 Å². The second-order valence-corrected chi connectivity index (χ2v) is 5.19. The Morgan fingerprint density at radius 2 is 2.18 bits per heavy atom. The first kappa shape index (κ1) is 14.5. The molecule has 1 unspecified atom stereocenters. The quantitative estimate of drug-likeness (QED) is 0.781. The zero-order valence-corrected chi connectivity index (χ0v) is 12.2. The van der Waals surface area contributed by atoms with Gasteiger partial charge in [0.1, 0.15) is 0 Å². The summed E-state index contributed by atoms with van der Waals surface area (Å²) in [6.45, 7) is 0.880. The summed E-state index contributed by atoms with van der Waals surface area (Å²) < 4.78 is 5.72. The minimum Gasteiger partial charge on any atom is -0.383 e. The first-order valence-electron chi connectivity index (χ1n) is 5.19. The molecule has 94 valence electrons. The second-order valence-electron chi connectivity index (χ2n) is 3.72. The van der Waals surface area contributed by atoms with Gasteiger partial charge in [0.15, 0.2) is 0 Å². The summed E-state index contributed by atoms with van der Waals surface area (Å²) in [5.74, 6) is -0.0563. The number of benzene rings is 1. The molecule has 1 aromatic carbocycles. The minimum absolute atomic E-state index is 0.0563. The molecule has 0 aliphatic carbocycles. The van der Waals surface area contributed by atoms with Crippen LogP contribution >= 0.6 is 27.5 Å². The van der Waals surface area contributed by atoms with Crippen molar-refractivity contribution in [1.29, 1.82) is 0 Å². The van der Waals surface area contributed by atoms with Gasteiger partial charge in [0.05, 0.1) is 17.5 Å². The van der Waals surface area contributed by atoms with Crippen LogP contribution < -0.4 is 0 Å². The zero-order chi connectivity index (χ0) is 12.8. The molecule has 0 heterocycles. The molecule has 5 heteroatoms. The molecule has 1 rings (SSSR count). The van der Waals surface area contributed by atoms with Crippen molar-refractivity contribution < 1.29 is 9.53 Å². The first-order valence-corrected chi connectivity index (χ1v) is 6.42. The predicted molar refractivity (Wildman–Crippen MR) is 72.6 cm³/mol. The van der Waals surface area contributed by atoms with E-state index >= 15 is 0 Å². The van der Waals surface area contributed by atoms with Crippen molar-refractivity contribution in [1.82, 2.24) is 4.90 Å². The molecule has 0 spiro atoms. The molecule has 3 nitrogen and oxygen atoms in total. The molecule has 0 saturated heterocycles. The van der Waals surface area contributed by atoms with Gasteiger partial charge in [-0.25, -0.2) is 0 Å². The number of rotatable bonds is 5. The Morgan fingerprint density at radius 1 is 1.53 bits per heavy atom. The lowest BCUT2D eigenvalue weighted by molar-refractivity contribution is 0.0781. The summed E-state index contributed by atoms with van der Waals surface area (Å²) >= 11 is 9.37. The summed E-state index contributed by atoms with van der Waals surface area (Å²) in [6.07, 6.45) is 0. The van der Waals surface area contributed by atoms with Crippen LogP contribution in [0.2, 0.25) is 0 Å². The van der Waals surface area contributed by atoms with Gasteiger partial charge in [-0.2, -0.15) is 0 Å². The molecular formula is C12H15BrClNO2. The first-order chi connectivity index (χ1) is 8.06. The molecule has 0 N–H and O–H groups in total. The van der Waals surface area contributed by atoms with Gasteiger partial charge in [-0.3, -0.25) is 4.79 Å². The highest BCUT2D eigenvalue weighted by Crippen LogP contribution is 2.17. The van der Waals surface area contributed by atoms with E-state index < -0.39 is 0 Å². The Labute approximate surface area is 115 Å². The maximum atomic E-state index is 12.1. The molecular weight excluding hydrogens is 305 g/mol. The fraction of sp³-hybridized carbons (Fsp3) is 0.417. The fourth-order valence-corrected chi connectivity index (χ4v) is 2.24. The van der Waals surface area contributed by atoms with E-state index in [4.69, 9.17) is 16.3 Å². The average Bonchev–Trinajstić information content (AvgIpc) is 2.29. The van der Waals surface area contributed by atoms with Crippen LogP contribution in [0.1, 0.15) is 10.4 Å². The highest BCUT2D eigenvalue weighted by Gasteiger charge is 2.17. The number of ether oxygens (including phenoxy) is 1. The van der Waals surface area contributed by atoms with Crippen molar-refractivity contribution in [3.63, 3.8) is 0 Å². The van der Waals surface area contributed by atoms with E-state index in [0.717, 1.165) is 4.47 Å². The topological polar surface area (TPSA) is 29.5 Å². The second kappa shape index (κ2) is 6.99. The van der Waals surface area contributed by atoms with Crippen LogP contribution in [0.3, 0.4) is 0 Å². The van der Waals surface area contributed by atoms with Crippen molar-refractivity contribution >= 4 is 33.4 Å². The van der Waals surface area contributed by atoms with E-state index in [1.807, 2.05) is 18.2 Å². The third kappa shape index (κ3) is 4.30. The van der Waals surface area contributed by atoms with Gasteiger partial charge in [-0.05, 0) is 28.1 Å². The van der Waals surface area contributed by atoms with Gasteiger partial charge in [0, 0.05) is 25.2 Å². The van der Waals surface area contributed by atoms with Crippen LogP contribution in [0.15, 0.2) is 28.7 Å². The van der Waals surface area contributed by atoms with Crippen molar-refractivity contribution in [3.05, 3.63) is 34.3 Å². The van der Waals surface area contributed by atoms with Crippen molar-refractivity contribution in [2.45, 2.75) is 5.38 Å². The number of carbonyl (C=O) groups excluding carboxylic acids is 1. The van der Waals surface area contributed by atoms with Gasteiger partial charge >= 0.3 is 0 Å². The minimum atomic E-state index is -0.198. The van der Waals surface area contributed by atoms with Crippen molar-refractivity contribution in [2.24, 2.45) is 0 Å². The monoisotopic (exact) mass is 319 g/mol. The molecule has 0 radical (unpaired) electrons. The molecule has 1 atom stereocenters. The molecule has 0 saturated carbocycles. The van der Waals surface area contributed by atoms with Gasteiger partial charge < -0.3 is 9.64 Å². The summed E-state index contributed by atoms with van der Waals surface area (Å²) in [7, 11) is 3.32. The van der Waals surface area contributed by atoms with Crippen LogP contribution in [0.4, 0.5) is 0 Å². The zero-order valence-electron chi connectivity index (χ0n) is 9.82. The summed E-state index contributed by atoms with van der Waals surface area (Å²) in [4.78, 5) is 13.7. The Bertz CT molecular complexity index is 387. The van der Waals surface area contributed by atoms with E-state index in [0.29, 0.717) is 18.7 Å². The van der Waals surface area contributed by atoms with E-state index in [2.05, 4.69) is 15.9 Å². The van der Waals surface area contributed by atoms with Gasteiger partial charge in [-0.1, -0.05) is 12.1 Å². The lowest BCUT2D eigenvalue weighted by Crippen LogP contribution is -2.34. The Morgan fingerprint density at radius 3 is 2.76 bits per heavy atom. The molecule has 17 heavy (non-hydrogen) atoms. The summed E-state index contributed by atoms with van der Waals surface area (Å²) in [5.41, 5.74) is 0.635. The lowest BCUT2D eigenvalue weighted by atomic mass is 10.2. The van der Waals surface area contributed by atoms with E-state index in [-0.39, 0.29) is 11.3 Å². The number of methoxy groups -OCH3 is 1. The fourth-order valence-electron chi connectivity index (χ4n) is 1.45. The summed E-state index contributed by atoms with van der Waals surface area (Å²) in [6, 6.07) is 7.33. The smallest absolute Gasteiger partial charge is 0.254 e. The molecule has 0 aromatic heterocycles. The number of nitrogens with zero attached hydrogens (tertiary/aromatic N) is 1. The van der Waals surface area contributed by atoms with Crippen molar-refractivity contribution in [3.8, 4) is 0 Å². The number of hydrogen-bond donors (Lipinski definition) is 0. The van der Waals surface area contributed by atoms with E-state index in [9.17, 15) is 4.79 Å². The Balaban J connectivity index is 2.67. The molecule has 1 amide bonds. The lowest BCUT2D eigenvalue weighted by Gasteiger charge is -2.20. The van der Waals surface area contributed by atoms with Gasteiger partial charge in [0.2, 0.25) is 0 Å². The molecule has 0 bridgehead atoms. The Kier molecular flexibility index (Phi) is 5.95. The third-order valence-electron chi connectivity index (χ3n) is 2.27. The Hall–Kier alpha value is -0.580. The largest absolute Gasteiger partial charge is 0.383 e. The number of halogens is 2. The van der Waals surface area contributed by atoms with Crippen LogP contribution in [0.25, 0.3) is 0 Å². The van der Waals surface area contributed by atoms with Gasteiger partial charge in [-0.15, -0.1) is 11.6 Å². The van der Waals surface area contributed by atoms with Crippen molar-refractivity contribution in [2.75, 3.05) is 27.3 Å². The highest BCUT2D eigenvalue weighted by atomic mass is 79.9. The van der Waals surface area contributed by atoms with Crippen LogP contribution in [0, 0.1) is 0 Å². The standard InChI is InChI=1S/C12H15BrClNO2/c1-15(7-9(14)8-17-2)12(16)10-5-3-4-6-11(10)13/h3-6,9H,7-8H2,1-2H3. The average molecular weight is 321 g/mol. The third-order valence-corrected chi connectivity index (χ3v) is 3.23. The SMILES string of the molecule is COCC(Cl)CN(C)C(=O)c1ccccc1Br. The van der Waals surface area contributed by atoms with Crippen LogP contribution in [-0.2, 0) is 4.74 Å². The van der Waals surface area contributed by atoms with E-state index in [1.54, 1.807) is 25.1 Å². The maximum absolute atomic E-state index is 12.1. The number of hydrogen-bond acceptors (Lipinski definition) is 2. The normalized spacial score (nSPS) is 12.2. The number of alkyl halides is 1. The molecule has 0 aliphatic rings. The molecule has 0 fully saturated rings. The summed E-state index contributed by atoms with van der Waals surface area (Å²) in [5, 5.41) is -0.198. The highest BCUT2D eigenvalue weighted by molar-refractivity contribution is 9.10. The predicted octanol–water partition coefficient (Wildman–Crippen LogP) is 2.77. The molecule has 1 aromatic rings. The molecule has 0 aliphatic heterocycles. The van der Waals surface area contributed by atoms with Gasteiger partial charge in [0.25, 0.3) is 5.91 Å². The van der Waals surface area contributed by atoms with Crippen LogP contribution in [-0.4, -0.2) is 43.5 Å².